The first-order valence-electron chi connectivity index (χ1n) is 11.3. The lowest BCUT2D eigenvalue weighted by molar-refractivity contribution is -0.126. The van der Waals surface area contributed by atoms with Gasteiger partial charge in [-0.1, -0.05) is 35.9 Å². The van der Waals surface area contributed by atoms with Crippen LogP contribution in [-0.2, 0) is 17.9 Å². The van der Waals surface area contributed by atoms with Crippen LogP contribution in [0.2, 0.25) is 5.02 Å². The van der Waals surface area contributed by atoms with Crippen molar-refractivity contribution in [3.05, 3.63) is 93.5 Å². The molecule has 1 aliphatic heterocycles. The summed E-state index contributed by atoms with van der Waals surface area (Å²) in [6.07, 6.45) is 0. The summed E-state index contributed by atoms with van der Waals surface area (Å²) in [6, 6.07) is 18.9. The van der Waals surface area contributed by atoms with Crippen LogP contribution in [0.1, 0.15) is 34.1 Å². The van der Waals surface area contributed by atoms with E-state index in [4.69, 9.17) is 16.7 Å². The van der Waals surface area contributed by atoms with Gasteiger partial charge in [0.15, 0.2) is 0 Å². The molecule has 2 aromatic heterocycles. The Morgan fingerprint density at radius 1 is 1.11 bits per heavy atom. The molecule has 0 spiro atoms. The fourth-order valence-corrected chi connectivity index (χ4v) is 5.18. The number of carbonyl (C=O) groups excluding carboxylic acids is 2. The first-order chi connectivity index (χ1) is 16.8. The van der Waals surface area contributed by atoms with Crippen molar-refractivity contribution in [1.29, 1.82) is 0 Å². The second-order valence-corrected chi connectivity index (χ2v) is 10.4. The Morgan fingerprint density at radius 3 is 2.57 bits per heavy atom. The van der Waals surface area contributed by atoms with E-state index in [1.54, 1.807) is 40.0 Å². The molecule has 0 unspecified atom stereocenters. The van der Waals surface area contributed by atoms with Crippen molar-refractivity contribution in [2.45, 2.75) is 39.4 Å². The maximum Gasteiger partial charge on any atom is 0.277 e. The molecule has 0 fully saturated rings. The third-order valence-electron chi connectivity index (χ3n) is 6.53. The largest absolute Gasteiger partial charge is 0.350 e. The second-order valence-electron chi connectivity index (χ2n) is 9.04. The van der Waals surface area contributed by atoms with Crippen molar-refractivity contribution in [3.8, 4) is 10.6 Å². The Labute approximate surface area is 213 Å². The molecule has 0 saturated carbocycles. The summed E-state index contributed by atoms with van der Waals surface area (Å²) in [4.78, 5) is 30.2. The van der Waals surface area contributed by atoms with Gasteiger partial charge in [-0.15, -0.1) is 11.3 Å². The Kier molecular flexibility index (Phi) is 5.99. The third-order valence-corrected chi connectivity index (χ3v) is 7.68. The molecule has 1 atom stereocenters. The molecule has 8 heteroatoms. The standard InChI is InChI=1S/C27H25ClN4O2S/c1-17-6-11-21(13-18(17)2)32-25(33)23-14-22(24-5-4-12-35-24)30-31(23)16-27(32,3)26(34)29-15-19-7-9-20(28)10-8-19/h4-14H,15-16H2,1-3H3,(H,29,34)/t27-/m1/s1. The Balaban J connectivity index is 1.54. The van der Waals surface area contributed by atoms with Gasteiger partial charge in [0.05, 0.1) is 11.4 Å². The van der Waals surface area contributed by atoms with Gasteiger partial charge in [-0.25, -0.2) is 0 Å². The molecule has 1 N–H and O–H groups in total. The van der Waals surface area contributed by atoms with Crippen LogP contribution in [0.5, 0.6) is 0 Å². The van der Waals surface area contributed by atoms with Gasteiger partial charge in [0.25, 0.3) is 5.91 Å². The number of halogens is 1. The molecule has 4 aromatic rings. The smallest absolute Gasteiger partial charge is 0.277 e. The van der Waals surface area contributed by atoms with Crippen molar-refractivity contribution >= 4 is 40.4 Å². The van der Waals surface area contributed by atoms with Crippen molar-refractivity contribution in [3.63, 3.8) is 0 Å². The quantitative estimate of drug-likeness (QED) is 0.383. The van der Waals surface area contributed by atoms with Gasteiger partial charge in [-0.2, -0.15) is 5.10 Å². The third kappa shape index (κ3) is 4.26. The zero-order chi connectivity index (χ0) is 24.7. The van der Waals surface area contributed by atoms with Gasteiger partial charge in [-0.05, 0) is 79.2 Å². The van der Waals surface area contributed by atoms with Crippen LogP contribution >= 0.6 is 22.9 Å². The fraction of sp³-hybridized carbons (Fsp3) is 0.222. The molecule has 0 bridgehead atoms. The number of nitrogens with zero attached hydrogens (tertiary/aromatic N) is 3. The fourth-order valence-electron chi connectivity index (χ4n) is 4.37. The molecule has 5 rings (SSSR count). The van der Waals surface area contributed by atoms with E-state index in [1.807, 2.05) is 67.8 Å². The number of benzene rings is 2. The molecule has 6 nitrogen and oxygen atoms in total. The first-order valence-corrected chi connectivity index (χ1v) is 12.6. The van der Waals surface area contributed by atoms with Crippen molar-refractivity contribution in [2.24, 2.45) is 0 Å². The summed E-state index contributed by atoms with van der Waals surface area (Å²) < 4.78 is 1.66. The minimum Gasteiger partial charge on any atom is -0.350 e. The zero-order valence-electron chi connectivity index (χ0n) is 19.7. The van der Waals surface area contributed by atoms with E-state index < -0.39 is 5.54 Å². The van der Waals surface area contributed by atoms with Crippen molar-refractivity contribution < 1.29 is 9.59 Å². The average Bonchev–Trinajstić information content (AvgIpc) is 3.51. The molecule has 0 saturated heterocycles. The van der Waals surface area contributed by atoms with Crippen LogP contribution in [0, 0.1) is 13.8 Å². The summed E-state index contributed by atoms with van der Waals surface area (Å²) in [5.74, 6) is -0.503. The van der Waals surface area contributed by atoms with E-state index in [0.717, 1.165) is 27.3 Å². The number of aryl methyl sites for hydroxylation is 2. The molecule has 0 radical (unpaired) electrons. The molecule has 2 amide bonds. The monoisotopic (exact) mass is 504 g/mol. The highest BCUT2D eigenvalue weighted by molar-refractivity contribution is 7.13. The highest BCUT2D eigenvalue weighted by atomic mass is 35.5. The summed E-state index contributed by atoms with van der Waals surface area (Å²) in [5, 5.41) is 10.3. The predicted molar refractivity (Wildman–Crippen MR) is 140 cm³/mol. The van der Waals surface area contributed by atoms with Gasteiger partial charge in [0, 0.05) is 17.3 Å². The lowest BCUT2D eigenvalue weighted by Gasteiger charge is -2.43. The lowest BCUT2D eigenvalue weighted by atomic mass is 9.93. The lowest BCUT2D eigenvalue weighted by Crippen LogP contribution is -2.64. The van der Waals surface area contributed by atoms with Gasteiger partial charge in [0.2, 0.25) is 5.91 Å². The summed E-state index contributed by atoms with van der Waals surface area (Å²) in [6.45, 7) is 6.39. The van der Waals surface area contributed by atoms with Gasteiger partial charge >= 0.3 is 0 Å². The van der Waals surface area contributed by atoms with Crippen LogP contribution in [0.25, 0.3) is 10.6 Å². The number of nitrogens with one attached hydrogen (secondary N) is 1. The van der Waals surface area contributed by atoms with E-state index >= 15 is 0 Å². The van der Waals surface area contributed by atoms with Crippen LogP contribution in [0.15, 0.2) is 66.0 Å². The minimum atomic E-state index is -1.18. The van der Waals surface area contributed by atoms with Gasteiger partial charge < -0.3 is 5.32 Å². The molecule has 3 heterocycles. The number of amides is 2. The number of hydrogen-bond donors (Lipinski definition) is 1. The van der Waals surface area contributed by atoms with Crippen LogP contribution in [0.3, 0.4) is 0 Å². The first kappa shape index (κ1) is 23.3. The van der Waals surface area contributed by atoms with Gasteiger partial charge in [-0.3, -0.25) is 19.2 Å². The number of rotatable bonds is 5. The zero-order valence-corrected chi connectivity index (χ0v) is 21.3. The van der Waals surface area contributed by atoms with E-state index in [-0.39, 0.29) is 18.4 Å². The Bertz CT molecular complexity index is 1410. The number of thiophene rings is 1. The number of carbonyl (C=O) groups is 2. The minimum absolute atomic E-state index is 0.235. The summed E-state index contributed by atoms with van der Waals surface area (Å²) >= 11 is 7.56. The Hall–Kier alpha value is -3.42. The molecule has 0 aliphatic carbocycles. The van der Waals surface area contributed by atoms with E-state index in [9.17, 15) is 9.59 Å². The maximum absolute atomic E-state index is 13.9. The van der Waals surface area contributed by atoms with Crippen LogP contribution < -0.4 is 10.2 Å². The number of aromatic nitrogens is 2. The normalized spacial score (nSPS) is 17.4. The summed E-state index contributed by atoms with van der Waals surface area (Å²) in [7, 11) is 0. The summed E-state index contributed by atoms with van der Waals surface area (Å²) in [5.41, 5.74) is 3.80. The number of anilines is 1. The van der Waals surface area contributed by atoms with Gasteiger partial charge in [0.1, 0.15) is 16.9 Å². The number of fused-ring (bicyclic) bond motifs is 1. The van der Waals surface area contributed by atoms with E-state index in [1.165, 1.54) is 0 Å². The van der Waals surface area contributed by atoms with Crippen LogP contribution in [0.4, 0.5) is 5.69 Å². The van der Waals surface area contributed by atoms with E-state index in [0.29, 0.717) is 22.9 Å². The molecule has 35 heavy (non-hydrogen) atoms. The number of hydrogen-bond acceptors (Lipinski definition) is 4. The SMILES string of the molecule is Cc1ccc(N2C(=O)c3cc(-c4cccs4)nn3C[C@]2(C)C(=O)NCc2ccc(Cl)cc2)cc1C. The predicted octanol–water partition coefficient (Wildman–Crippen LogP) is 5.62. The Morgan fingerprint density at radius 2 is 1.89 bits per heavy atom. The maximum atomic E-state index is 13.9. The topological polar surface area (TPSA) is 67.2 Å². The molecule has 178 valence electrons. The van der Waals surface area contributed by atoms with E-state index in [2.05, 4.69) is 5.32 Å². The average molecular weight is 505 g/mol. The molecule has 2 aromatic carbocycles. The second kappa shape index (κ2) is 8.98. The molecular formula is C27H25ClN4O2S. The highest BCUT2D eigenvalue weighted by Gasteiger charge is 2.49. The van der Waals surface area contributed by atoms with Crippen LogP contribution in [-0.4, -0.2) is 27.1 Å². The van der Waals surface area contributed by atoms with Crippen molar-refractivity contribution in [2.75, 3.05) is 4.90 Å². The highest BCUT2D eigenvalue weighted by Crippen LogP contribution is 2.35. The molecule has 1 aliphatic rings. The molecular weight excluding hydrogens is 480 g/mol. The van der Waals surface area contributed by atoms with Crippen molar-refractivity contribution in [1.82, 2.24) is 15.1 Å².